The summed E-state index contributed by atoms with van der Waals surface area (Å²) in [6.45, 7) is 0.551. The van der Waals surface area contributed by atoms with Crippen molar-refractivity contribution < 1.29 is 13.9 Å². The summed E-state index contributed by atoms with van der Waals surface area (Å²) < 4.78 is 17.9. The Labute approximate surface area is 81.7 Å². The molecule has 0 bridgehead atoms. The van der Waals surface area contributed by atoms with Crippen molar-refractivity contribution in [2.24, 2.45) is 11.8 Å². The third kappa shape index (κ3) is 2.10. The lowest BCUT2D eigenvalue weighted by Gasteiger charge is -2.04. The van der Waals surface area contributed by atoms with Gasteiger partial charge in [0.1, 0.15) is 17.9 Å². The predicted octanol–water partition coefficient (Wildman–Crippen LogP) is 2.04. The fourth-order valence-electron chi connectivity index (χ4n) is 1.36. The summed E-state index contributed by atoms with van der Waals surface area (Å²) in [7, 11) is 0. The summed E-state index contributed by atoms with van der Waals surface area (Å²) in [5, 5.41) is 0. The summed E-state index contributed by atoms with van der Waals surface area (Å²) >= 11 is 0. The minimum Gasteiger partial charge on any atom is -0.493 e. The highest BCUT2D eigenvalue weighted by molar-refractivity contribution is 5.58. The average molecular weight is 194 g/mol. The van der Waals surface area contributed by atoms with Crippen molar-refractivity contribution in [2.45, 2.75) is 6.42 Å². The first-order chi connectivity index (χ1) is 6.79. The molecule has 1 aromatic rings. The molecule has 2 rings (SSSR count). The van der Waals surface area contributed by atoms with Crippen LogP contribution in [0.2, 0.25) is 0 Å². The van der Waals surface area contributed by atoms with Gasteiger partial charge in [0.05, 0.1) is 6.61 Å². The van der Waals surface area contributed by atoms with Crippen molar-refractivity contribution in [3.05, 3.63) is 30.1 Å². The molecule has 1 saturated carbocycles. The Morgan fingerprint density at radius 2 is 2.14 bits per heavy atom. The van der Waals surface area contributed by atoms with Crippen LogP contribution in [-0.2, 0) is 4.79 Å². The molecule has 0 unspecified atom stereocenters. The zero-order valence-corrected chi connectivity index (χ0v) is 7.65. The third-order valence-electron chi connectivity index (χ3n) is 2.43. The van der Waals surface area contributed by atoms with Crippen molar-refractivity contribution in [1.29, 1.82) is 0 Å². The highest BCUT2D eigenvalue weighted by Crippen LogP contribution is 2.36. The van der Waals surface area contributed by atoms with Gasteiger partial charge in [-0.15, -0.1) is 0 Å². The van der Waals surface area contributed by atoms with Gasteiger partial charge in [-0.2, -0.15) is 0 Å². The van der Waals surface area contributed by atoms with Crippen LogP contribution in [0, 0.1) is 17.7 Å². The molecule has 0 aliphatic heterocycles. The maximum Gasteiger partial charge on any atom is 0.123 e. The van der Waals surface area contributed by atoms with Gasteiger partial charge < -0.3 is 9.53 Å². The summed E-state index contributed by atoms with van der Waals surface area (Å²) in [4.78, 5) is 10.3. The molecule has 0 saturated heterocycles. The molecule has 0 heterocycles. The highest BCUT2D eigenvalue weighted by Gasteiger charge is 2.37. The molecule has 1 aliphatic rings. The number of halogens is 1. The molecule has 74 valence electrons. The fraction of sp³-hybridized carbons (Fsp3) is 0.364. The molecule has 1 fully saturated rings. The standard InChI is InChI=1S/C11H11FO2/c12-10-1-3-11(4-2-10)14-7-9-5-8(9)6-13/h1-4,6,8-9H,5,7H2/t8-,9-/m0/s1. The van der Waals surface area contributed by atoms with Gasteiger partial charge in [0.2, 0.25) is 0 Å². The van der Waals surface area contributed by atoms with E-state index < -0.39 is 0 Å². The fourth-order valence-corrected chi connectivity index (χ4v) is 1.36. The molecule has 0 radical (unpaired) electrons. The first kappa shape index (κ1) is 9.19. The Morgan fingerprint density at radius 3 is 2.71 bits per heavy atom. The molecule has 0 amide bonds. The number of carbonyl (C=O) groups is 1. The van der Waals surface area contributed by atoms with E-state index in [1.165, 1.54) is 12.1 Å². The first-order valence-electron chi connectivity index (χ1n) is 4.63. The van der Waals surface area contributed by atoms with E-state index in [4.69, 9.17) is 4.74 Å². The maximum absolute atomic E-state index is 12.5. The van der Waals surface area contributed by atoms with Gasteiger partial charge in [0, 0.05) is 11.8 Å². The van der Waals surface area contributed by atoms with Gasteiger partial charge >= 0.3 is 0 Å². The van der Waals surface area contributed by atoms with Crippen LogP contribution in [0.5, 0.6) is 5.75 Å². The van der Waals surface area contributed by atoms with Crippen LogP contribution < -0.4 is 4.74 Å². The maximum atomic E-state index is 12.5. The van der Waals surface area contributed by atoms with E-state index in [-0.39, 0.29) is 11.7 Å². The second kappa shape index (κ2) is 3.78. The molecule has 2 nitrogen and oxygen atoms in total. The lowest BCUT2D eigenvalue weighted by atomic mass is 10.3. The predicted molar refractivity (Wildman–Crippen MR) is 49.6 cm³/mol. The van der Waals surface area contributed by atoms with Crippen LogP contribution in [0.1, 0.15) is 6.42 Å². The number of carbonyl (C=O) groups excluding carboxylic acids is 1. The van der Waals surface area contributed by atoms with Gasteiger partial charge in [0.25, 0.3) is 0 Å². The molecule has 1 aliphatic carbocycles. The van der Waals surface area contributed by atoms with Crippen molar-refractivity contribution in [2.75, 3.05) is 6.61 Å². The van der Waals surface area contributed by atoms with Crippen LogP contribution >= 0.6 is 0 Å². The molecular weight excluding hydrogens is 183 g/mol. The average Bonchev–Trinajstić information content (AvgIpc) is 2.96. The van der Waals surface area contributed by atoms with E-state index in [0.717, 1.165) is 12.7 Å². The molecule has 0 N–H and O–H groups in total. The summed E-state index contributed by atoms with van der Waals surface area (Å²) in [6.07, 6.45) is 1.89. The monoisotopic (exact) mass is 194 g/mol. The second-order valence-corrected chi connectivity index (χ2v) is 3.56. The van der Waals surface area contributed by atoms with Crippen molar-refractivity contribution in [1.82, 2.24) is 0 Å². The zero-order valence-electron chi connectivity index (χ0n) is 7.65. The largest absolute Gasteiger partial charge is 0.493 e. The minimum absolute atomic E-state index is 0.176. The number of aldehydes is 1. The minimum atomic E-state index is -0.269. The van der Waals surface area contributed by atoms with Gasteiger partial charge in [-0.05, 0) is 30.7 Å². The Balaban J connectivity index is 1.81. The lowest BCUT2D eigenvalue weighted by molar-refractivity contribution is -0.109. The molecule has 1 aromatic carbocycles. The number of benzene rings is 1. The normalized spacial score (nSPS) is 24.4. The summed E-state index contributed by atoms with van der Waals surface area (Å²) in [5.74, 6) is 0.922. The van der Waals surface area contributed by atoms with Gasteiger partial charge in [0.15, 0.2) is 0 Å². The zero-order chi connectivity index (χ0) is 9.97. The second-order valence-electron chi connectivity index (χ2n) is 3.56. The van der Waals surface area contributed by atoms with Crippen molar-refractivity contribution in [3.8, 4) is 5.75 Å². The van der Waals surface area contributed by atoms with Gasteiger partial charge in [-0.1, -0.05) is 0 Å². The quantitative estimate of drug-likeness (QED) is 0.685. The van der Waals surface area contributed by atoms with Crippen LogP contribution in [0.3, 0.4) is 0 Å². The lowest BCUT2D eigenvalue weighted by Crippen LogP contribution is -2.01. The molecule has 0 aromatic heterocycles. The molecule has 0 spiro atoms. The Morgan fingerprint density at radius 1 is 1.43 bits per heavy atom. The first-order valence-corrected chi connectivity index (χ1v) is 4.63. The molecule has 2 atom stereocenters. The van der Waals surface area contributed by atoms with Crippen molar-refractivity contribution >= 4 is 6.29 Å². The van der Waals surface area contributed by atoms with E-state index in [2.05, 4.69) is 0 Å². The SMILES string of the molecule is O=C[C@@H]1C[C@H]1COc1ccc(F)cc1. The number of rotatable bonds is 4. The molecular formula is C11H11FO2. The van der Waals surface area contributed by atoms with Crippen molar-refractivity contribution in [3.63, 3.8) is 0 Å². The highest BCUT2D eigenvalue weighted by atomic mass is 19.1. The number of ether oxygens (including phenoxy) is 1. The molecule has 3 heteroatoms. The topological polar surface area (TPSA) is 26.3 Å². The number of hydrogen-bond donors (Lipinski definition) is 0. The van der Waals surface area contributed by atoms with E-state index in [1.807, 2.05) is 0 Å². The van der Waals surface area contributed by atoms with Gasteiger partial charge in [-0.25, -0.2) is 4.39 Å². The summed E-state index contributed by atoms with van der Waals surface area (Å²) in [5.41, 5.74) is 0. The van der Waals surface area contributed by atoms with E-state index in [0.29, 0.717) is 18.3 Å². The number of hydrogen-bond acceptors (Lipinski definition) is 2. The Hall–Kier alpha value is -1.38. The smallest absolute Gasteiger partial charge is 0.123 e. The summed E-state index contributed by atoms with van der Waals surface area (Å²) in [6, 6.07) is 5.90. The van der Waals surface area contributed by atoms with Crippen LogP contribution in [0.15, 0.2) is 24.3 Å². The van der Waals surface area contributed by atoms with E-state index in [9.17, 15) is 9.18 Å². The third-order valence-corrected chi connectivity index (χ3v) is 2.43. The van der Waals surface area contributed by atoms with E-state index in [1.54, 1.807) is 12.1 Å². The molecule has 14 heavy (non-hydrogen) atoms. The Kier molecular flexibility index (Phi) is 2.48. The van der Waals surface area contributed by atoms with Crippen LogP contribution in [-0.4, -0.2) is 12.9 Å². The van der Waals surface area contributed by atoms with Gasteiger partial charge in [-0.3, -0.25) is 0 Å². The Bertz CT molecular complexity index is 321. The van der Waals surface area contributed by atoms with E-state index >= 15 is 0 Å². The van der Waals surface area contributed by atoms with Crippen LogP contribution in [0.25, 0.3) is 0 Å². The van der Waals surface area contributed by atoms with Crippen LogP contribution in [0.4, 0.5) is 4.39 Å².